The molecule has 4 rings (SSSR count). The average molecular weight is 383 g/mol. The van der Waals surface area contributed by atoms with E-state index in [0.717, 1.165) is 75.2 Å². The van der Waals surface area contributed by atoms with Crippen molar-refractivity contribution in [2.75, 3.05) is 18.4 Å². The fraction of sp³-hybridized carbons (Fsp3) is 0.571. The second-order valence-corrected chi connectivity index (χ2v) is 7.87. The summed E-state index contributed by atoms with van der Waals surface area (Å²) >= 11 is 0. The number of hydrogen-bond acceptors (Lipinski definition) is 5. The lowest BCUT2D eigenvalue weighted by Crippen LogP contribution is -2.46. The van der Waals surface area contributed by atoms with Crippen molar-refractivity contribution in [3.8, 4) is 0 Å². The number of aromatic carboxylic acids is 1. The highest BCUT2D eigenvalue weighted by Gasteiger charge is 2.33. The van der Waals surface area contributed by atoms with Crippen molar-refractivity contribution in [2.45, 2.75) is 64.1 Å². The first-order chi connectivity index (χ1) is 13.7. The van der Waals surface area contributed by atoms with E-state index in [4.69, 9.17) is 0 Å². The molecule has 0 aromatic carbocycles. The predicted molar refractivity (Wildman–Crippen MR) is 108 cm³/mol. The Morgan fingerprint density at radius 1 is 1.29 bits per heavy atom. The van der Waals surface area contributed by atoms with E-state index in [2.05, 4.69) is 27.2 Å². The number of carbonyl (C=O) groups is 1. The highest BCUT2D eigenvalue weighted by molar-refractivity contribution is 5.87. The zero-order valence-corrected chi connectivity index (χ0v) is 16.5. The minimum atomic E-state index is -0.898. The molecule has 1 aliphatic carbocycles. The topological polar surface area (TPSA) is 83.3 Å². The van der Waals surface area contributed by atoms with Gasteiger partial charge in [0, 0.05) is 49.2 Å². The number of pyridine rings is 1. The first kappa shape index (κ1) is 18.9. The van der Waals surface area contributed by atoms with Gasteiger partial charge in [0.15, 0.2) is 5.69 Å². The van der Waals surface area contributed by atoms with Gasteiger partial charge in [0.25, 0.3) is 0 Å². The van der Waals surface area contributed by atoms with Gasteiger partial charge in [-0.15, -0.1) is 0 Å². The molecule has 150 valence electrons. The Balaban J connectivity index is 1.39. The monoisotopic (exact) mass is 383 g/mol. The number of rotatable bonds is 6. The number of aromatic nitrogens is 3. The molecule has 1 unspecified atom stereocenters. The molecule has 1 aliphatic heterocycles. The van der Waals surface area contributed by atoms with Crippen molar-refractivity contribution < 1.29 is 9.90 Å². The van der Waals surface area contributed by atoms with Crippen molar-refractivity contribution in [1.82, 2.24) is 19.7 Å². The first-order valence-electron chi connectivity index (χ1n) is 10.4. The highest BCUT2D eigenvalue weighted by Crippen LogP contribution is 2.29. The van der Waals surface area contributed by atoms with Gasteiger partial charge in [-0.3, -0.25) is 9.58 Å². The van der Waals surface area contributed by atoms with E-state index in [1.54, 1.807) is 0 Å². The van der Waals surface area contributed by atoms with E-state index in [9.17, 15) is 9.90 Å². The Morgan fingerprint density at radius 2 is 2.11 bits per heavy atom. The van der Waals surface area contributed by atoms with Crippen LogP contribution in [0.25, 0.3) is 0 Å². The SMILES string of the molecule is CCCn1nc(C(=O)O)c2c1CCC(N1CCC(Nc3ccccn3)CC1)C2. The average Bonchev–Trinajstić information content (AvgIpc) is 3.08. The molecule has 1 fully saturated rings. The molecule has 0 radical (unpaired) electrons. The number of piperidine rings is 1. The number of fused-ring (bicyclic) bond motifs is 1. The summed E-state index contributed by atoms with van der Waals surface area (Å²) in [6.45, 7) is 4.97. The van der Waals surface area contributed by atoms with Crippen molar-refractivity contribution in [3.05, 3.63) is 41.3 Å². The van der Waals surface area contributed by atoms with Crippen LogP contribution in [0.3, 0.4) is 0 Å². The Kier molecular flexibility index (Phi) is 5.62. The predicted octanol–water partition coefficient (Wildman–Crippen LogP) is 2.82. The zero-order valence-electron chi connectivity index (χ0n) is 16.5. The van der Waals surface area contributed by atoms with Crippen LogP contribution < -0.4 is 5.32 Å². The number of hydrogen-bond donors (Lipinski definition) is 2. The van der Waals surface area contributed by atoms with Crippen molar-refractivity contribution in [3.63, 3.8) is 0 Å². The first-order valence-corrected chi connectivity index (χ1v) is 10.4. The molecule has 2 N–H and O–H groups in total. The van der Waals surface area contributed by atoms with E-state index < -0.39 is 5.97 Å². The van der Waals surface area contributed by atoms with E-state index in [-0.39, 0.29) is 5.69 Å². The van der Waals surface area contributed by atoms with Crippen LogP contribution in [0, 0.1) is 0 Å². The Bertz CT molecular complexity index is 812. The molecule has 28 heavy (non-hydrogen) atoms. The molecule has 2 aromatic heterocycles. The summed E-state index contributed by atoms with van der Waals surface area (Å²) in [6, 6.07) is 6.81. The molecule has 0 saturated carbocycles. The van der Waals surface area contributed by atoms with Crippen LogP contribution in [0.5, 0.6) is 0 Å². The van der Waals surface area contributed by atoms with Crippen LogP contribution in [0.15, 0.2) is 24.4 Å². The summed E-state index contributed by atoms with van der Waals surface area (Å²) in [5.41, 5.74) is 2.37. The Morgan fingerprint density at radius 3 is 2.79 bits per heavy atom. The van der Waals surface area contributed by atoms with E-state index in [0.29, 0.717) is 12.1 Å². The maximum absolute atomic E-state index is 11.7. The van der Waals surface area contributed by atoms with E-state index in [1.807, 2.05) is 29.1 Å². The molecule has 7 heteroatoms. The third kappa shape index (κ3) is 3.90. The molecule has 1 saturated heterocycles. The van der Waals surface area contributed by atoms with Crippen LogP contribution in [0.4, 0.5) is 5.82 Å². The summed E-state index contributed by atoms with van der Waals surface area (Å²) in [5, 5.41) is 17.5. The normalized spacial score (nSPS) is 20.7. The maximum Gasteiger partial charge on any atom is 0.356 e. The van der Waals surface area contributed by atoms with Crippen molar-refractivity contribution in [1.29, 1.82) is 0 Å². The largest absolute Gasteiger partial charge is 0.476 e. The summed E-state index contributed by atoms with van der Waals surface area (Å²) in [4.78, 5) is 18.6. The van der Waals surface area contributed by atoms with Gasteiger partial charge in [-0.2, -0.15) is 5.10 Å². The number of aryl methyl sites for hydroxylation is 1. The van der Waals surface area contributed by atoms with Gasteiger partial charge in [-0.05, 0) is 50.7 Å². The molecular formula is C21H29N5O2. The van der Waals surface area contributed by atoms with E-state index in [1.165, 1.54) is 0 Å². The standard InChI is InChI=1S/C21H29N5O2/c1-2-11-26-18-7-6-16(14-17(18)20(24-26)21(27)28)25-12-8-15(9-13-25)23-19-5-3-4-10-22-19/h3-5,10,15-16H,2,6-9,11-14H2,1H3,(H,22,23)(H,27,28). The van der Waals surface area contributed by atoms with Gasteiger partial charge in [-0.25, -0.2) is 9.78 Å². The zero-order chi connectivity index (χ0) is 19.5. The number of anilines is 1. The second kappa shape index (κ2) is 8.31. The van der Waals surface area contributed by atoms with Gasteiger partial charge < -0.3 is 10.4 Å². The lowest BCUT2D eigenvalue weighted by Gasteiger charge is -2.39. The van der Waals surface area contributed by atoms with Crippen molar-refractivity contribution in [2.24, 2.45) is 0 Å². The number of likely N-dealkylation sites (tertiary alicyclic amines) is 1. The third-order valence-corrected chi connectivity index (χ3v) is 6.02. The number of nitrogens with one attached hydrogen (secondary N) is 1. The fourth-order valence-electron chi connectivity index (χ4n) is 4.62. The lowest BCUT2D eigenvalue weighted by atomic mass is 9.89. The van der Waals surface area contributed by atoms with Gasteiger partial charge in [0.1, 0.15) is 5.82 Å². The summed E-state index contributed by atoms with van der Waals surface area (Å²) in [6.07, 6.45) is 7.76. The van der Waals surface area contributed by atoms with Gasteiger partial charge in [-0.1, -0.05) is 13.0 Å². The van der Waals surface area contributed by atoms with Crippen LogP contribution in [-0.4, -0.2) is 55.9 Å². The third-order valence-electron chi connectivity index (χ3n) is 6.02. The second-order valence-electron chi connectivity index (χ2n) is 7.87. The van der Waals surface area contributed by atoms with Crippen LogP contribution >= 0.6 is 0 Å². The van der Waals surface area contributed by atoms with Crippen LogP contribution in [-0.2, 0) is 19.4 Å². The summed E-state index contributed by atoms with van der Waals surface area (Å²) in [7, 11) is 0. The van der Waals surface area contributed by atoms with E-state index >= 15 is 0 Å². The summed E-state index contributed by atoms with van der Waals surface area (Å²) < 4.78 is 1.93. The minimum absolute atomic E-state index is 0.264. The maximum atomic E-state index is 11.7. The molecule has 2 aromatic rings. The lowest BCUT2D eigenvalue weighted by molar-refractivity contribution is 0.0687. The number of nitrogens with zero attached hydrogens (tertiary/aromatic N) is 4. The molecule has 1 atom stereocenters. The van der Waals surface area contributed by atoms with Crippen LogP contribution in [0.2, 0.25) is 0 Å². The number of carboxylic acid groups (broad SMARTS) is 1. The molecule has 3 heterocycles. The number of carboxylic acids is 1. The fourth-order valence-corrected chi connectivity index (χ4v) is 4.62. The van der Waals surface area contributed by atoms with Gasteiger partial charge >= 0.3 is 5.97 Å². The molecule has 7 nitrogen and oxygen atoms in total. The highest BCUT2D eigenvalue weighted by atomic mass is 16.4. The Hall–Kier alpha value is -2.41. The smallest absolute Gasteiger partial charge is 0.356 e. The van der Waals surface area contributed by atoms with Gasteiger partial charge in [0.2, 0.25) is 0 Å². The van der Waals surface area contributed by atoms with Crippen LogP contribution in [0.1, 0.15) is 54.4 Å². The molecule has 2 aliphatic rings. The molecule has 0 amide bonds. The molecular weight excluding hydrogens is 354 g/mol. The molecule has 0 bridgehead atoms. The minimum Gasteiger partial charge on any atom is -0.476 e. The quantitative estimate of drug-likeness (QED) is 0.798. The summed E-state index contributed by atoms with van der Waals surface area (Å²) in [5.74, 6) is 0.0442. The molecule has 0 spiro atoms. The Labute approximate surface area is 165 Å². The van der Waals surface area contributed by atoms with Gasteiger partial charge in [0.05, 0.1) is 0 Å². The van der Waals surface area contributed by atoms with Crippen molar-refractivity contribution >= 4 is 11.8 Å².